The Hall–Kier alpha value is -0.130. The topological polar surface area (TPSA) is 74.6 Å². The summed E-state index contributed by atoms with van der Waals surface area (Å²) in [5, 5.41) is 10.0. The van der Waals surface area contributed by atoms with Gasteiger partial charge in [-0.2, -0.15) is 8.42 Å². The lowest BCUT2D eigenvalue weighted by molar-refractivity contribution is 0.148. The first-order chi connectivity index (χ1) is 27.0. The smallest absolute Gasteiger partial charge is 0.264 e. The molecule has 0 saturated heterocycles. The minimum absolute atomic E-state index is 0.195. The van der Waals surface area contributed by atoms with Gasteiger partial charge in [-0.1, -0.05) is 283 Å². The molecule has 0 amide bonds. The van der Waals surface area contributed by atoms with Crippen LogP contribution in [0.5, 0.6) is 0 Å². The largest absolute Gasteiger partial charge is 0.393 e. The fraction of sp³-hybridized carbons (Fsp3) is 1.00. The predicted octanol–water partition coefficient (Wildman–Crippen LogP) is 17.6. The first-order valence-corrected chi connectivity index (χ1v) is 27.2. The van der Waals surface area contributed by atoms with Crippen LogP contribution in [0.3, 0.4) is 0 Å². The summed E-state index contributed by atoms with van der Waals surface area (Å²) in [6.45, 7) is 2.31. The zero-order valence-electron chi connectivity index (χ0n) is 37.6. The van der Waals surface area contributed by atoms with Crippen molar-refractivity contribution in [2.24, 2.45) is 0 Å². The molecule has 0 aromatic rings. The molecule has 0 saturated carbocycles. The molecule has 0 aromatic heterocycles. The SMILES string of the molecule is CCCCCCCCCCCCCCCCCCCCCCCCCCCCCCCCCCCCCCCCCCCCCC(O)CCCCS(=O)(=O)O. The Morgan fingerprint density at radius 1 is 0.291 bits per heavy atom. The molecule has 0 bridgehead atoms. The highest BCUT2D eigenvalue weighted by Gasteiger charge is 2.07. The fourth-order valence-corrected chi connectivity index (χ4v) is 9.08. The summed E-state index contributed by atoms with van der Waals surface area (Å²) in [7, 11) is -3.86. The maximum absolute atomic E-state index is 10.7. The average molecular weight is 799 g/mol. The second-order valence-corrected chi connectivity index (χ2v) is 19.6. The van der Waals surface area contributed by atoms with E-state index in [-0.39, 0.29) is 11.9 Å². The summed E-state index contributed by atoms with van der Waals surface area (Å²) < 4.78 is 30.2. The number of unbranched alkanes of at least 4 members (excludes halogenated alkanes) is 43. The van der Waals surface area contributed by atoms with Crippen molar-refractivity contribution >= 4 is 10.1 Å². The van der Waals surface area contributed by atoms with E-state index in [1.807, 2.05) is 0 Å². The molecule has 1 unspecified atom stereocenters. The van der Waals surface area contributed by atoms with Crippen molar-refractivity contribution in [2.45, 2.75) is 315 Å². The van der Waals surface area contributed by atoms with Gasteiger partial charge in [-0.15, -0.1) is 0 Å². The number of hydrogen-bond donors (Lipinski definition) is 2. The molecule has 0 aliphatic heterocycles. The molecule has 0 radical (unpaired) electrons. The van der Waals surface area contributed by atoms with Gasteiger partial charge in [-0.3, -0.25) is 4.55 Å². The van der Waals surface area contributed by atoms with Crippen LogP contribution in [-0.2, 0) is 10.1 Å². The maximum atomic E-state index is 10.7. The monoisotopic (exact) mass is 799 g/mol. The van der Waals surface area contributed by atoms with Crippen LogP contribution in [0, 0.1) is 0 Å². The van der Waals surface area contributed by atoms with Gasteiger partial charge >= 0.3 is 0 Å². The van der Waals surface area contributed by atoms with Crippen LogP contribution in [0.4, 0.5) is 0 Å². The summed E-state index contributed by atoms with van der Waals surface area (Å²) in [4.78, 5) is 0. The van der Waals surface area contributed by atoms with Crippen molar-refractivity contribution < 1.29 is 18.1 Å². The summed E-state index contributed by atoms with van der Waals surface area (Å²) in [6, 6.07) is 0. The second-order valence-electron chi connectivity index (χ2n) is 18.1. The van der Waals surface area contributed by atoms with E-state index in [9.17, 15) is 13.5 Å². The van der Waals surface area contributed by atoms with Crippen LogP contribution < -0.4 is 0 Å². The third-order valence-corrected chi connectivity index (χ3v) is 13.1. The van der Waals surface area contributed by atoms with Crippen molar-refractivity contribution in [3.63, 3.8) is 0 Å². The van der Waals surface area contributed by atoms with E-state index in [0.29, 0.717) is 19.3 Å². The zero-order chi connectivity index (χ0) is 40.0. The number of hydrogen-bond acceptors (Lipinski definition) is 3. The van der Waals surface area contributed by atoms with Gasteiger partial charge in [0.2, 0.25) is 0 Å². The molecule has 0 aromatic carbocycles. The highest BCUT2D eigenvalue weighted by molar-refractivity contribution is 7.85. The molecule has 332 valence electrons. The van der Waals surface area contributed by atoms with Gasteiger partial charge in [-0.25, -0.2) is 0 Å². The summed E-state index contributed by atoms with van der Waals surface area (Å²) in [5.74, 6) is -0.195. The Balaban J connectivity index is 3.10. The Kier molecular flexibility index (Phi) is 46.4. The second kappa shape index (κ2) is 46.6. The minimum Gasteiger partial charge on any atom is -0.393 e. The van der Waals surface area contributed by atoms with Crippen molar-refractivity contribution in [3.05, 3.63) is 0 Å². The molecule has 0 heterocycles. The third-order valence-electron chi connectivity index (χ3n) is 12.3. The van der Waals surface area contributed by atoms with Gasteiger partial charge in [0.15, 0.2) is 0 Å². The lowest BCUT2D eigenvalue weighted by Crippen LogP contribution is -2.08. The first-order valence-electron chi connectivity index (χ1n) is 25.6. The molecule has 0 spiro atoms. The van der Waals surface area contributed by atoms with Gasteiger partial charge in [0.25, 0.3) is 10.1 Å². The van der Waals surface area contributed by atoms with E-state index in [1.165, 1.54) is 270 Å². The molecule has 1 atom stereocenters. The Bertz CT molecular complexity index is 800. The molecule has 0 rings (SSSR count). The molecular formula is C50H102O4S. The maximum Gasteiger partial charge on any atom is 0.264 e. The molecule has 55 heavy (non-hydrogen) atoms. The molecule has 5 heteroatoms. The summed E-state index contributed by atoms with van der Waals surface area (Å²) >= 11 is 0. The van der Waals surface area contributed by atoms with Crippen LogP contribution in [0.25, 0.3) is 0 Å². The van der Waals surface area contributed by atoms with Crippen molar-refractivity contribution in [2.75, 3.05) is 5.75 Å². The van der Waals surface area contributed by atoms with Crippen molar-refractivity contribution in [3.8, 4) is 0 Å². The number of rotatable bonds is 49. The quantitative estimate of drug-likeness (QED) is 0.0475. The van der Waals surface area contributed by atoms with Gasteiger partial charge in [-0.05, 0) is 25.7 Å². The van der Waals surface area contributed by atoms with Crippen LogP contribution in [0.15, 0.2) is 0 Å². The van der Waals surface area contributed by atoms with Crippen LogP contribution in [0.2, 0.25) is 0 Å². The van der Waals surface area contributed by atoms with Crippen molar-refractivity contribution in [1.82, 2.24) is 0 Å². The molecular weight excluding hydrogens is 697 g/mol. The Morgan fingerprint density at radius 2 is 0.455 bits per heavy atom. The third kappa shape index (κ3) is 51.9. The van der Waals surface area contributed by atoms with Gasteiger partial charge in [0.05, 0.1) is 11.9 Å². The first kappa shape index (κ1) is 54.9. The Labute approximate surface area is 347 Å². The van der Waals surface area contributed by atoms with Crippen LogP contribution in [-0.4, -0.2) is 29.9 Å². The molecule has 2 N–H and O–H groups in total. The van der Waals surface area contributed by atoms with E-state index in [1.54, 1.807) is 0 Å². The normalized spacial score (nSPS) is 12.6. The highest BCUT2D eigenvalue weighted by atomic mass is 32.2. The average Bonchev–Trinajstić information content (AvgIpc) is 3.16. The lowest BCUT2D eigenvalue weighted by atomic mass is 10.0. The van der Waals surface area contributed by atoms with Crippen molar-refractivity contribution in [1.29, 1.82) is 0 Å². The van der Waals surface area contributed by atoms with Gasteiger partial charge < -0.3 is 5.11 Å². The molecule has 0 aliphatic carbocycles. The van der Waals surface area contributed by atoms with E-state index < -0.39 is 10.1 Å². The van der Waals surface area contributed by atoms with Crippen LogP contribution >= 0.6 is 0 Å². The predicted molar refractivity (Wildman–Crippen MR) is 245 cm³/mol. The summed E-state index contributed by atoms with van der Waals surface area (Å²) in [6.07, 6.45) is 63.8. The van der Waals surface area contributed by atoms with Gasteiger partial charge in [0, 0.05) is 0 Å². The number of aliphatic hydroxyl groups excluding tert-OH is 1. The fourth-order valence-electron chi connectivity index (χ4n) is 8.51. The Morgan fingerprint density at radius 3 is 0.636 bits per heavy atom. The van der Waals surface area contributed by atoms with E-state index in [0.717, 1.165) is 12.8 Å². The van der Waals surface area contributed by atoms with E-state index in [4.69, 9.17) is 4.55 Å². The lowest BCUT2D eigenvalue weighted by Gasteiger charge is -2.10. The summed E-state index contributed by atoms with van der Waals surface area (Å²) in [5.41, 5.74) is 0. The molecule has 0 aliphatic rings. The van der Waals surface area contributed by atoms with E-state index in [2.05, 4.69) is 6.92 Å². The standard InChI is InChI=1S/C50H102O4S/c1-2-3-4-5-6-7-8-9-10-11-12-13-14-15-16-17-18-19-20-21-22-23-24-25-26-27-28-29-30-31-32-33-34-35-36-37-38-39-40-41-42-43-44-47-50(51)48-45-46-49-55(52,53)54/h50-51H,2-49H2,1H3,(H,52,53,54). The van der Waals surface area contributed by atoms with E-state index >= 15 is 0 Å². The van der Waals surface area contributed by atoms with Crippen LogP contribution in [0.1, 0.15) is 309 Å². The molecule has 4 nitrogen and oxygen atoms in total. The number of aliphatic hydroxyl groups is 1. The highest BCUT2D eigenvalue weighted by Crippen LogP contribution is 2.19. The zero-order valence-corrected chi connectivity index (χ0v) is 38.5. The minimum atomic E-state index is -3.86. The molecule has 0 fully saturated rings. The van der Waals surface area contributed by atoms with Gasteiger partial charge in [0.1, 0.15) is 0 Å².